The van der Waals surface area contributed by atoms with Crippen LogP contribution in [0.15, 0.2) is 4.99 Å². The third-order valence-electron chi connectivity index (χ3n) is 2.09. The number of hydrogen-bond acceptors (Lipinski definition) is 2. The summed E-state index contributed by atoms with van der Waals surface area (Å²) in [4.78, 5) is 17.2. The Morgan fingerprint density at radius 3 is 2.33 bits per heavy atom. The fourth-order valence-electron chi connectivity index (χ4n) is 1.01. The zero-order chi connectivity index (χ0) is 13.3. The normalized spacial score (nSPS) is 10.9. The Labute approximate surface area is 128 Å². The number of carbonyl (C=O) groups is 1. The molecule has 6 heteroatoms. The van der Waals surface area contributed by atoms with Gasteiger partial charge in [-0.15, -0.1) is 24.0 Å². The van der Waals surface area contributed by atoms with Crippen molar-refractivity contribution < 1.29 is 4.79 Å². The van der Waals surface area contributed by atoms with Gasteiger partial charge in [0.25, 0.3) is 0 Å². The molecule has 18 heavy (non-hydrogen) atoms. The molecule has 0 aromatic heterocycles. The summed E-state index contributed by atoms with van der Waals surface area (Å²) in [5, 5.41) is 6.40. The summed E-state index contributed by atoms with van der Waals surface area (Å²) >= 11 is 0. The maximum atomic E-state index is 11.4. The Bertz CT molecular complexity index is 254. The predicted octanol–water partition coefficient (Wildman–Crippen LogP) is 1.29. The molecular weight excluding hydrogens is 343 g/mol. The molecule has 0 unspecified atom stereocenters. The number of hydrogen-bond donors (Lipinski definition) is 2. The number of nitrogens with zero attached hydrogens (tertiary/aromatic N) is 2. The summed E-state index contributed by atoms with van der Waals surface area (Å²) in [6.07, 6.45) is 1.03. The fourth-order valence-corrected chi connectivity index (χ4v) is 1.01. The third kappa shape index (κ3) is 10.6. The lowest BCUT2D eigenvalue weighted by molar-refractivity contribution is -0.127. The quantitative estimate of drug-likeness (QED) is 0.421. The van der Waals surface area contributed by atoms with Crippen LogP contribution in [0.3, 0.4) is 0 Å². The molecule has 0 rings (SSSR count). The van der Waals surface area contributed by atoms with Crippen LogP contribution in [-0.4, -0.2) is 50.5 Å². The van der Waals surface area contributed by atoms with Crippen molar-refractivity contribution in [1.82, 2.24) is 15.5 Å². The average molecular weight is 370 g/mol. The van der Waals surface area contributed by atoms with Crippen LogP contribution in [0, 0.1) is 5.92 Å². The van der Waals surface area contributed by atoms with Gasteiger partial charge in [-0.05, 0) is 12.3 Å². The van der Waals surface area contributed by atoms with Crippen LogP contribution >= 0.6 is 24.0 Å². The number of halogens is 1. The van der Waals surface area contributed by atoms with Crippen LogP contribution in [0.1, 0.15) is 27.2 Å². The first-order valence-corrected chi connectivity index (χ1v) is 6.19. The summed E-state index contributed by atoms with van der Waals surface area (Å²) in [6, 6.07) is 0. The zero-order valence-electron chi connectivity index (χ0n) is 12.1. The molecule has 0 saturated heterocycles. The molecule has 5 nitrogen and oxygen atoms in total. The van der Waals surface area contributed by atoms with Gasteiger partial charge in [-0.3, -0.25) is 4.79 Å². The summed E-state index contributed by atoms with van der Waals surface area (Å²) < 4.78 is 0. The molecule has 0 radical (unpaired) electrons. The number of rotatable bonds is 6. The SMILES string of the molecule is CCCNC(=NCC(=O)N(C)C)NCC(C)C.I. The average Bonchev–Trinajstić information content (AvgIpc) is 2.27. The van der Waals surface area contributed by atoms with E-state index in [9.17, 15) is 4.79 Å². The first-order chi connectivity index (χ1) is 7.97. The molecule has 0 atom stereocenters. The Hall–Kier alpha value is -0.530. The van der Waals surface area contributed by atoms with E-state index < -0.39 is 0 Å². The topological polar surface area (TPSA) is 56.7 Å². The number of aliphatic imine (C=N–C) groups is 1. The number of carbonyl (C=O) groups excluding carboxylic acids is 1. The van der Waals surface area contributed by atoms with Gasteiger partial charge in [0.1, 0.15) is 6.54 Å². The van der Waals surface area contributed by atoms with Gasteiger partial charge >= 0.3 is 0 Å². The minimum absolute atomic E-state index is 0. The molecule has 0 aliphatic rings. The summed E-state index contributed by atoms with van der Waals surface area (Å²) in [5.41, 5.74) is 0. The van der Waals surface area contributed by atoms with E-state index >= 15 is 0 Å². The molecule has 0 saturated carbocycles. The second-order valence-electron chi connectivity index (χ2n) is 4.65. The second kappa shape index (κ2) is 11.6. The van der Waals surface area contributed by atoms with Crippen LogP contribution in [0.5, 0.6) is 0 Å². The largest absolute Gasteiger partial charge is 0.356 e. The molecule has 0 aromatic carbocycles. The Kier molecular flexibility index (Phi) is 12.7. The van der Waals surface area contributed by atoms with Gasteiger partial charge in [0.15, 0.2) is 5.96 Å². The van der Waals surface area contributed by atoms with E-state index in [4.69, 9.17) is 0 Å². The third-order valence-corrected chi connectivity index (χ3v) is 2.09. The van der Waals surface area contributed by atoms with E-state index in [1.54, 1.807) is 19.0 Å². The lowest BCUT2D eigenvalue weighted by atomic mass is 10.2. The summed E-state index contributed by atoms with van der Waals surface area (Å²) in [6.45, 7) is 8.26. The van der Waals surface area contributed by atoms with E-state index in [1.807, 2.05) is 0 Å². The molecule has 0 heterocycles. The van der Waals surface area contributed by atoms with Gasteiger partial charge in [-0.25, -0.2) is 4.99 Å². The van der Waals surface area contributed by atoms with Crippen molar-refractivity contribution in [2.75, 3.05) is 33.7 Å². The number of amides is 1. The van der Waals surface area contributed by atoms with E-state index in [2.05, 4.69) is 36.4 Å². The first-order valence-electron chi connectivity index (χ1n) is 6.19. The predicted molar refractivity (Wildman–Crippen MR) is 87.5 cm³/mol. The maximum absolute atomic E-state index is 11.4. The van der Waals surface area contributed by atoms with Crippen molar-refractivity contribution in [2.45, 2.75) is 27.2 Å². The van der Waals surface area contributed by atoms with Crippen LogP contribution in [0.4, 0.5) is 0 Å². The lowest BCUT2D eigenvalue weighted by Crippen LogP contribution is -2.40. The highest BCUT2D eigenvalue weighted by atomic mass is 127. The molecule has 0 fully saturated rings. The minimum atomic E-state index is 0. The van der Waals surface area contributed by atoms with Crippen molar-refractivity contribution in [3.8, 4) is 0 Å². The van der Waals surface area contributed by atoms with Gasteiger partial charge in [0.2, 0.25) is 5.91 Å². The molecule has 0 spiro atoms. The van der Waals surface area contributed by atoms with E-state index in [-0.39, 0.29) is 36.4 Å². The van der Waals surface area contributed by atoms with E-state index in [0.717, 1.165) is 25.5 Å². The molecular formula is C12H27IN4O. The van der Waals surface area contributed by atoms with Crippen molar-refractivity contribution in [2.24, 2.45) is 10.9 Å². The number of guanidine groups is 1. The molecule has 1 amide bonds. The van der Waals surface area contributed by atoms with Crippen LogP contribution in [0.2, 0.25) is 0 Å². The van der Waals surface area contributed by atoms with Crippen molar-refractivity contribution in [3.63, 3.8) is 0 Å². The Morgan fingerprint density at radius 1 is 1.28 bits per heavy atom. The summed E-state index contributed by atoms with van der Waals surface area (Å²) in [5.74, 6) is 1.27. The standard InChI is InChI=1S/C12H26N4O.HI/c1-6-7-13-12(14-8-10(2)3)15-9-11(17)16(4)5;/h10H,6-9H2,1-5H3,(H2,13,14,15);1H. The highest BCUT2D eigenvalue weighted by Crippen LogP contribution is 1.88. The maximum Gasteiger partial charge on any atom is 0.243 e. The summed E-state index contributed by atoms with van der Waals surface area (Å²) in [7, 11) is 3.47. The van der Waals surface area contributed by atoms with Crippen LogP contribution in [0.25, 0.3) is 0 Å². The zero-order valence-corrected chi connectivity index (χ0v) is 14.4. The minimum Gasteiger partial charge on any atom is -0.356 e. The number of likely N-dealkylation sites (N-methyl/N-ethyl adjacent to an activating group) is 1. The van der Waals surface area contributed by atoms with E-state index in [1.165, 1.54) is 0 Å². The Balaban J connectivity index is 0. The molecule has 108 valence electrons. The fraction of sp³-hybridized carbons (Fsp3) is 0.833. The van der Waals surface area contributed by atoms with Gasteiger partial charge in [-0.1, -0.05) is 20.8 Å². The van der Waals surface area contributed by atoms with Crippen molar-refractivity contribution >= 4 is 35.8 Å². The molecule has 0 bridgehead atoms. The highest BCUT2D eigenvalue weighted by Gasteiger charge is 2.04. The number of nitrogens with one attached hydrogen (secondary N) is 2. The Morgan fingerprint density at radius 2 is 1.89 bits per heavy atom. The van der Waals surface area contributed by atoms with Gasteiger partial charge < -0.3 is 15.5 Å². The van der Waals surface area contributed by atoms with Crippen LogP contribution in [-0.2, 0) is 4.79 Å². The smallest absolute Gasteiger partial charge is 0.243 e. The molecule has 0 aromatic rings. The van der Waals surface area contributed by atoms with Gasteiger partial charge in [0, 0.05) is 27.2 Å². The lowest BCUT2D eigenvalue weighted by Gasteiger charge is -2.14. The van der Waals surface area contributed by atoms with Crippen molar-refractivity contribution in [3.05, 3.63) is 0 Å². The van der Waals surface area contributed by atoms with Crippen LogP contribution < -0.4 is 10.6 Å². The first kappa shape index (κ1) is 19.8. The molecule has 0 aliphatic carbocycles. The molecule has 2 N–H and O–H groups in total. The molecule has 0 aliphatic heterocycles. The second-order valence-corrected chi connectivity index (χ2v) is 4.65. The van der Waals surface area contributed by atoms with Gasteiger partial charge in [-0.2, -0.15) is 0 Å². The van der Waals surface area contributed by atoms with E-state index in [0.29, 0.717) is 5.92 Å². The monoisotopic (exact) mass is 370 g/mol. The van der Waals surface area contributed by atoms with Crippen molar-refractivity contribution in [1.29, 1.82) is 0 Å². The highest BCUT2D eigenvalue weighted by molar-refractivity contribution is 14.0. The van der Waals surface area contributed by atoms with Gasteiger partial charge in [0.05, 0.1) is 0 Å².